The van der Waals surface area contributed by atoms with Gasteiger partial charge in [0.05, 0.1) is 13.2 Å². The van der Waals surface area contributed by atoms with Gasteiger partial charge in [-0.3, -0.25) is 0 Å². The van der Waals surface area contributed by atoms with Crippen LogP contribution in [0.2, 0.25) is 0 Å². The van der Waals surface area contributed by atoms with E-state index in [2.05, 4.69) is 5.32 Å². The fourth-order valence-corrected chi connectivity index (χ4v) is 1.49. The molecule has 0 saturated heterocycles. The van der Waals surface area contributed by atoms with E-state index in [9.17, 15) is 9.50 Å². The van der Waals surface area contributed by atoms with Gasteiger partial charge in [0.1, 0.15) is 0 Å². The number of hydrogen-bond donors (Lipinski definition) is 2. The standard InChI is InChI=1S/C11H16FNO2/c1-7-4-9(12)11(15-3)5-8(7)10(14)6-13-2/h4-5,10,13-14H,6H2,1-3H3. The third-order valence-electron chi connectivity index (χ3n) is 2.30. The number of benzene rings is 1. The molecule has 0 heterocycles. The molecule has 0 aromatic heterocycles. The molecule has 1 aromatic carbocycles. The third kappa shape index (κ3) is 2.67. The molecule has 84 valence electrons. The zero-order chi connectivity index (χ0) is 11.4. The zero-order valence-corrected chi connectivity index (χ0v) is 9.17. The highest BCUT2D eigenvalue weighted by atomic mass is 19.1. The van der Waals surface area contributed by atoms with E-state index < -0.39 is 11.9 Å². The van der Waals surface area contributed by atoms with Crippen LogP contribution in [0.3, 0.4) is 0 Å². The van der Waals surface area contributed by atoms with Crippen molar-refractivity contribution in [2.24, 2.45) is 0 Å². The summed E-state index contributed by atoms with van der Waals surface area (Å²) >= 11 is 0. The van der Waals surface area contributed by atoms with Crippen LogP contribution < -0.4 is 10.1 Å². The van der Waals surface area contributed by atoms with Crippen LogP contribution in [-0.2, 0) is 0 Å². The summed E-state index contributed by atoms with van der Waals surface area (Å²) in [5.41, 5.74) is 1.40. The first-order chi connectivity index (χ1) is 7.10. The fourth-order valence-electron chi connectivity index (χ4n) is 1.49. The SMILES string of the molecule is CNCC(O)c1cc(OC)c(F)cc1C. The minimum Gasteiger partial charge on any atom is -0.494 e. The summed E-state index contributed by atoms with van der Waals surface area (Å²) in [6.45, 7) is 2.19. The Kier molecular flexibility index (Phi) is 4.05. The molecule has 1 atom stereocenters. The van der Waals surface area contributed by atoms with Gasteiger partial charge < -0.3 is 15.2 Å². The first-order valence-corrected chi connectivity index (χ1v) is 4.76. The van der Waals surface area contributed by atoms with Gasteiger partial charge in [0.25, 0.3) is 0 Å². The number of nitrogens with one attached hydrogen (secondary N) is 1. The van der Waals surface area contributed by atoms with Gasteiger partial charge in [0.15, 0.2) is 11.6 Å². The molecule has 0 aliphatic heterocycles. The Morgan fingerprint density at radius 1 is 1.53 bits per heavy atom. The summed E-state index contributed by atoms with van der Waals surface area (Å²) in [5, 5.41) is 12.6. The van der Waals surface area contributed by atoms with Crippen LogP contribution in [0, 0.1) is 12.7 Å². The van der Waals surface area contributed by atoms with Gasteiger partial charge in [-0.25, -0.2) is 4.39 Å². The summed E-state index contributed by atoms with van der Waals surface area (Å²) in [6, 6.07) is 2.90. The molecular formula is C11H16FNO2. The van der Waals surface area contributed by atoms with Gasteiger partial charge in [-0.2, -0.15) is 0 Å². The van der Waals surface area contributed by atoms with Crippen LogP contribution in [-0.4, -0.2) is 25.8 Å². The lowest BCUT2D eigenvalue weighted by molar-refractivity contribution is 0.176. The zero-order valence-electron chi connectivity index (χ0n) is 9.17. The van der Waals surface area contributed by atoms with Crippen LogP contribution in [0.5, 0.6) is 5.75 Å². The number of ether oxygens (including phenoxy) is 1. The average Bonchev–Trinajstić information content (AvgIpc) is 2.18. The van der Waals surface area contributed by atoms with E-state index in [1.165, 1.54) is 19.2 Å². The molecule has 0 fully saturated rings. The lowest BCUT2D eigenvalue weighted by Crippen LogP contribution is -2.17. The molecule has 2 N–H and O–H groups in total. The highest BCUT2D eigenvalue weighted by molar-refractivity contribution is 5.37. The van der Waals surface area contributed by atoms with Crippen LogP contribution in [0.4, 0.5) is 4.39 Å². The smallest absolute Gasteiger partial charge is 0.165 e. The molecule has 1 aromatic rings. The minimum absolute atomic E-state index is 0.158. The maximum atomic E-state index is 13.3. The minimum atomic E-state index is -0.649. The van der Waals surface area contributed by atoms with Crippen LogP contribution in [0.25, 0.3) is 0 Å². The predicted molar refractivity (Wildman–Crippen MR) is 56.6 cm³/mol. The van der Waals surface area contributed by atoms with Crippen LogP contribution in [0.15, 0.2) is 12.1 Å². The fraction of sp³-hybridized carbons (Fsp3) is 0.455. The maximum Gasteiger partial charge on any atom is 0.165 e. The van der Waals surface area contributed by atoms with Crippen molar-refractivity contribution in [3.63, 3.8) is 0 Å². The van der Waals surface area contributed by atoms with E-state index in [4.69, 9.17) is 4.74 Å². The molecule has 4 heteroatoms. The Labute approximate surface area is 88.9 Å². The Bertz CT molecular complexity index is 342. The lowest BCUT2D eigenvalue weighted by atomic mass is 10.0. The van der Waals surface area contributed by atoms with Crippen LogP contribution >= 0.6 is 0 Å². The van der Waals surface area contributed by atoms with Crippen molar-refractivity contribution in [3.05, 3.63) is 29.1 Å². The Hall–Kier alpha value is -1.13. The molecule has 0 aliphatic carbocycles. The first-order valence-electron chi connectivity index (χ1n) is 4.76. The second-order valence-electron chi connectivity index (χ2n) is 3.42. The van der Waals surface area contributed by atoms with Gasteiger partial charge in [-0.05, 0) is 37.2 Å². The van der Waals surface area contributed by atoms with Crippen molar-refractivity contribution in [2.75, 3.05) is 20.7 Å². The van der Waals surface area contributed by atoms with Crippen molar-refractivity contribution < 1.29 is 14.2 Å². The molecule has 0 saturated carbocycles. The number of methoxy groups -OCH3 is 1. The van der Waals surface area contributed by atoms with Crippen molar-refractivity contribution in [2.45, 2.75) is 13.0 Å². The molecule has 3 nitrogen and oxygen atoms in total. The van der Waals surface area contributed by atoms with Gasteiger partial charge in [0, 0.05) is 6.54 Å². The number of likely N-dealkylation sites (N-methyl/N-ethyl adjacent to an activating group) is 1. The number of halogens is 1. The lowest BCUT2D eigenvalue weighted by Gasteiger charge is -2.15. The molecule has 0 bridgehead atoms. The van der Waals surface area contributed by atoms with Gasteiger partial charge in [-0.15, -0.1) is 0 Å². The molecular weight excluding hydrogens is 197 g/mol. The van der Waals surface area contributed by atoms with Gasteiger partial charge >= 0.3 is 0 Å². The molecule has 1 unspecified atom stereocenters. The summed E-state index contributed by atoms with van der Waals surface area (Å²) in [4.78, 5) is 0. The van der Waals surface area contributed by atoms with Crippen molar-refractivity contribution >= 4 is 0 Å². The Morgan fingerprint density at radius 2 is 2.20 bits per heavy atom. The highest BCUT2D eigenvalue weighted by Crippen LogP contribution is 2.25. The van der Waals surface area contributed by atoms with Crippen LogP contribution in [0.1, 0.15) is 17.2 Å². The second kappa shape index (κ2) is 5.09. The van der Waals surface area contributed by atoms with Gasteiger partial charge in [0.2, 0.25) is 0 Å². The van der Waals surface area contributed by atoms with E-state index in [0.29, 0.717) is 12.1 Å². The maximum absolute atomic E-state index is 13.3. The monoisotopic (exact) mass is 213 g/mol. The average molecular weight is 213 g/mol. The summed E-state index contributed by atoms with van der Waals surface area (Å²) < 4.78 is 18.1. The number of hydrogen-bond acceptors (Lipinski definition) is 3. The Morgan fingerprint density at radius 3 is 2.73 bits per heavy atom. The molecule has 0 aliphatic rings. The topological polar surface area (TPSA) is 41.5 Å². The highest BCUT2D eigenvalue weighted by Gasteiger charge is 2.13. The van der Waals surface area contributed by atoms with Crippen molar-refractivity contribution in [1.82, 2.24) is 5.32 Å². The Balaban J connectivity index is 3.06. The van der Waals surface area contributed by atoms with Crippen molar-refractivity contribution in [1.29, 1.82) is 0 Å². The van der Waals surface area contributed by atoms with Gasteiger partial charge in [-0.1, -0.05) is 0 Å². The first kappa shape index (κ1) is 11.9. The molecule has 0 spiro atoms. The molecule has 1 rings (SSSR count). The van der Waals surface area contributed by atoms with Crippen molar-refractivity contribution in [3.8, 4) is 5.75 Å². The largest absolute Gasteiger partial charge is 0.494 e. The molecule has 15 heavy (non-hydrogen) atoms. The summed E-state index contributed by atoms with van der Waals surface area (Å²) in [6.07, 6.45) is -0.649. The predicted octanol–water partition coefficient (Wildman–Crippen LogP) is 1.40. The molecule has 0 radical (unpaired) electrons. The number of rotatable bonds is 4. The van der Waals surface area contributed by atoms with E-state index >= 15 is 0 Å². The summed E-state index contributed by atoms with van der Waals surface area (Å²) in [7, 11) is 3.15. The molecule has 0 amide bonds. The van der Waals surface area contributed by atoms with E-state index in [0.717, 1.165) is 5.56 Å². The quantitative estimate of drug-likeness (QED) is 0.794. The third-order valence-corrected chi connectivity index (χ3v) is 2.30. The van der Waals surface area contributed by atoms with E-state index in [-0.39, 0.29) is 5.75 Å². The second-order valence-corrected chi connectivity index (χ2v) is 3.42. The normalized spacial score (nSPS) is 12.6. The number of aliphatic hydroxyl groups excluding tert-OH is 1. The number of aryl methyl sites for hydroxylation is 1. The number of aliphatic hydroxyl groups is 1. The summed E-state index contributed by atoms with van der Waals surface area (Å²) in [5.74, 6) is -0.249. The van der Waals surface area contributed by atoms with E-state index in [1.807, 2.05) is 0 Å². The van der Waals surface area contributed by atoms with E-state index in [1.54, 1.807) is 14.0 Å².